The molecule has 4 rings (SSSR count). The number of nitrogens with zero attached hydrogens (tertiary/aromatic N) is 1. The summed E-state index contributed by atoms with van der Waals surface area (Å²) in [7, 11) is -2.07. The number of thiophene rings is 1. The second-order valence-electron chi connectivity index (χ2n) is 7.30. The molecule has 0 radical (unpaired) electrons. The van der Waals surface area contributed by atoms with Gasteiger partial charge in [0.05, 0.1) is 29.6 Å². The Morgan fingerprint density at radius 1 is 1.19 bits per heavy atom. The molecule has 2 aromatic carbocycles. The van der Waals surface area contributed by atoms with Crippen molar-refractivity contribution in [2.45, 2.75) is 18.0 Å². The number of benzene rings is 2. The number of carbonyl (C=O) groups excluding carboxylic acids is 1. The van der Waals surface area contributed by atoms with E-state index in [0.717, 1.165) is 5.56 Å². The monoisotopic (exact) mass is 478 g/mol. The lowest BCUT2D eigenvalue weighted by Crippen LogP contribution is -2.40. The van der Waals surface area contributed by atoms with Gasteiger partial charge in [-0.2, -0.15) is 4.31 Å². The first-order valence-corrected chi connectivity index (χ1v) is 12.3. The van der Waals surface area contributed by atoms with Crippen LogP contribution in [0.1, 0.15) is 20.8 Å². The van der Waals surface area contributed by atoms with Gasteiger partial charge in [-0.15, -0.1) is 11.3 Å². The Morgan fingerprint density at radius 3 is 2.59 bits per heavy atom. The molecule has 7 nitrogen and oxygen atoms in total. The van der Waals surface area contributed by atoms with Crippen LogP contribution in [0, 0.1) is 5.82 Å². The van der Waals surface area contributed by atoms with E-state index in [9.17, 15) is 17.6 Å². The van der Waals surface area contributed by atoms with Gasteiger partial charge < -0.3 is 14.8 Å². The molecule has 32 heavy (non-hydrogen) atoms. The van der Waals surface area contributed by atoms with Crippen LogP contribution >= 0.6 is 11.3 Å². The number of hydrogen-bond acceptors (Lipinski definition) is 6. The molecular weight excluding hydrogens is 455 g/mol. The largest absolute Gasteiger partial charge is 0.380 e. The molecular formula is C22H23FN2O5S2. The summed E-state index contributed by atoms with van der Waals surface area (Å²) in [4.78, 5) is 13.4. The Bertz CT molecular complexity index is 1220. The molecule has 0 bridgehead atoms. The highest BCUT2D eigenvalue weighted by molar-refractivity contribution is 7.89. The summed E-state index contributed by atoms with van der Waals surface area (Å²) in [5.41, 5.74) is 1.27. The molecule has 0 aliphatic carbocycles. The number of ether oxygens (including phenoxy) is 2. The quantitative estimate of drug-likeness (QED) is 0.564. The summed E-state index contributed by atoms with van der Waals surface area (Å²) in [6.45, 7) is 1.77. The van der Waals surface area contributed by atoms with Gasteiger partial charge in [0.1, 0.15) is 5.82 Å². The van der Waals surface area contributed by atoms with Gasteiger partial charge in [0, 0.05) is 42.4 Å². The summed E-state index contributed by atoms with van der Waals surface area (Å²) in [5, 5.41) is 3.24. The topological polar surface area (TPSA) is 84.9 Å². The van der Waals surface area contributed by atoms with Gasteiger partial charge >= 0.3 is 0 Å². The fraction of sp³-hybridized carbons (Fsp3) is 0.318. The molecule has 0 atom stereocenters. The van der Waals surface area contributed by atoms with Crippen LogP contribution in [-0.2, 0) is 32.6 Å². The van der Waals surface area contributed by atoms with Crippen LogP contribution in [0.25, 0.3) is 10.1 Å². The van der Waals surface area contributed by atoms with Crippen molar-refractivity contribution in [2.75, 3.05) is 33.4 Å². The number of methoxy groups -OCH3 is 1. The van der Waals surface area contributed by atoms with Gasteiger partial charge in [0.25, 0.3) is 5.91 Å². The van der Waals surface area contributed by atoms with Crippen LogP contribution < -0.4 is 5.32 Å². The van der Waals surface area contributed by atoms with E-state index in [4.69, 9.17) is 9.47 Å². The lowest BCUT2D eigenvalue weighted by Gasteiger charge is -2.26. The highest BCUT2D eigenvalue weighted by Crippen LogP contribution is 2.33. The summed E-state index contributed by atoms with van der Waals surface area (Å²) < 4.78 is 52.3. The molecule has 1 aromatic heterocycles. The maximum Gasteiger partial charge on any atom is 0.262 e. The van der Waals surface area contributed by atoms with Crippen molar-refractivity contribution < 1.29 is 27.1 Å². The third-order valence-corrected chi connectivity index (χ3v) is 8.35. The number of nitrogens with one attached hydrogen (secondary N) is 1. The van der Waals surface area contributed by atoms with Crippen LogP contribution in [0.5, 0.6) is 0 Å². The Labute approximate surface area is 189 Å². The van der Waals surface area contributed by atoms with Gasteiger partial charge in [0.15, 0.2) is 0 Å². The zero-order valence-corrected chi connectivity index (χ0v) is 19.1. The van der Waals surface area contributed by atoms with Crippen LogP contribution in [0.4, 0.5) is 4.39 Å². The van der Waals surface area contributed by atoms with Crippen LogP contribution in [0.2, 0.25) is 0 Å². The highest BCUT2D eigenvalue weighted by atomic mass is 32.2. The number of morpholine rings is 1. The van der Waals surface area contributed by atoms with Crippen molar-refractivity contribution in [1.82, 2.24) is 9.62 Å². The minimum absolute atomic E-state index is 0.123. The SMILES string of the molecule is COCc1c(C(=O)NCc2ccc(S(=O)(=O)N3CCOCC3)cc2)sc2cccc(F)c12. The zero-order chi connectivity index (χ0) is 22.7. The number of fused-ring (bicyclic) bond motifs is 1. The van der Waals surface area contributed by atoms with E-state index >= 15 is 0 Å². The fourth-order valence-corrected chi connectivity index (χ4v) is 6.16. The fourth-order valence-electron chi connectivity index (χ4n) is 3.61. The first-order chi connectivity index (χ1) is 15.4. The van der Waals surface area contributed by atoms with Crippen LogP contribution in [0.3, 0.4) is 0 Å². The molecule has 0 spiro atoms. The summed E-state index contributed by atoms with van der Waals surface area (Å²) in [5.74, 6) is -0.718. The molecule has 1 aliphatic rings. The van der Waals surface area contributed by atoms with E-state index in [2.05, 4.69) is 5.32 Å². The number of hydrogen-bond donors (Lipinski definition) is 1. The second-order valence-corrected chi connectivity index (χ2v) is 10.3. The average molecular weight is 479 g/mol. The second kappa shape index (κ2) is 9.63. The van der Waals surface area contributed by atoms with Crippen molar-refractivity contribution in [3.8, 4) is 0 Å². The van der Waals surface area contributed by atoms with Gasteiger partial charge in [-0.3, -0.25) is 4.79 Å². The van der Waals surface area contributed by atoms with Crippen molar-refractivity contribution >= 4 is 37.4 Å². The smallest absolute Gasteiger partial charge is 0.262 e. The number of amides is 1. The Morgan fingerprint density at radius 2 is 1.91 bits per heavy atom. The number of halogens is 1. The molecule has 10 heteroatoms. The number of sulfonamides is 1. The standard InChI is InChI=1S/C22H23FN2O5S2/c1-29-14-17-20-18(23)3-2-4-19(20)31-21(17)22(26)24-13-15-5-7-16(8-6-15)32(27,28)25-9-11-30-12-10-25/h2-8H,9-14H2,1H3,(H,24,26). The summed E-state index contributed by atoms with van der Waals surface area (Å²) in [6, 6.07) is 11.2. The van der Waals surface area contributed by atoms with E-state index < -0.39 is 10.0 Å². The minimum atomic E-state index is -3.57. The predicted octanol–water partition coefficient (Wildman–Crippen LogP) is 3.14. The maximum atomic E-state index is 14.3. The Balaban J connectivity index is 1.48. The Kier molecular flexibility index (Phi) is 6.87. The van der Waals surface area contributed by atoms with Crippen LogP contribution in [0.15, 0.2) is 47.4 Å². The highest BCUT2D eigenvalue weighted by Gasteiger charge is 2.26. The van der Waals surface area contributed by atoms with Crippen molar-refractivity contribution in [2.24, 2.45) is 0 Å². The average Bonchev–Trinajstić information content (AvgIpc) is 3.18. The van der Waals surface area contributed by atoms with Crippen molar-refractivity contribution in [3.63, 3.8) is 0 Å². The van der Waals surface area contributed by atoms with E-state index in [1.54, 1.807) is 24.3 Å². The molecule has 1 saturated heterocycles. The Hall–Kier alpha value is -2.37. The van der Waals surface area contributed by atoms with E-state index in [-0.39, 0.29) is 29.8 Å². The zero-order valence-electron chi connectivity index (χ0n) is 17.5. The van der Waals surface area contributed by atoms with Gasteiger partial charge in [-0.25, -0.2) is 12.8 Å². The number of carbonyl (C=O) groups is 1. The molecule has 0 saturated carbocycles. The molecule has 0 unspecified atom stereocenters. The minimum Gasteiger partial charge on any atom is -0.380 e. The molecule has 3 aromatic rings. The van der Waals surface area contributed by atoms with Crippen molar-refractivity contribution in [3.05, 3.63) is 64.3 Å². The predicted molar refractivity (Wildman–Crippen MR) is 120 cm³/mol. The molecule has 1 aliphatic heterocycles. The molecule has 170 valence electrons. The lowest BCUT2D eigenvalue weighted by molar-refractivity contribution is 0.0730. The molecule has 1 amide bonds. The van der Waals surface area contributed by atoms with Gasteiger partial charge in [-0.1, -0.05) is 18.2 Å². The maximum absolute atomic E-state index is 14.3. The third-order valence-electron chi connectivity index (χ3n) is 5.24. The lowest BCUT2D eigenvalue weighted by atomic mass is 10.1. The van der Waals surface area contributed by atoms with Gasteiger partial charge in [-0.05, 0) is 29.8 Å². The van der Waals surface area contributed by atoms with Gasteiger partial charge in [0.2, 0.25) is 10.0 Å². The molecule has 1 fully saturated rings. The van der Waals surface area contributed by atoms with Crippen molar-refractivity contribution in [1.29, 1.82) is 0 Å². The summed E-state index contributed by atoms with van der Waals surface area (Å²) >= 11 is 1.22. The number of rotatable bonds is 7. The molecule has 1 N–H and O–H groups in total. The third kappa shape index (κ3) is 4.55. The summed E-state index contributed by atoms with van der Waals surface area (Å²) in [6.07, 6.45) is 0. The normalized spacial score (nSPS) is 15.2. The first kappa shape index (κ1) is 22.8. The van der Waals surface area contributed by atoms with E-state index in [0.29, 0.717) is 46.8 Å². The molecule has 2 heterocycles. The first-order valence-electron chi connectivity index (χ1n) is 10.1. The van der Waals surface area contributed by atoms with Crippen LogP contribution in [-0.4, -0.2) is 52.0 Å². The van der Waals surface area contributed by atoms with E-state index in [1.807, 2.05) is 0 Å². The van der Waals surface area contributed by atoms with E-state index in [1.165, 1.54) is 41.0 Å².